The summed E-state index contributed by atoms with van der Waals surface area (Å²) in [6.07, 6.45) is 2.35. The molecule has 0 aliphatic carbocycles. The summed E-state index contributed by atoms with van der Waals surface area (Å²) >= 11 is 0. The van der Waals surface area contributed by atoms with Gasteiger partial charge in [0.1, 0.15) is 5.56 Å². The van der Waals surface area contributed by atoms with Crippen molar-refractivity contribution in [2.24, 2.45) is 0 Å². The van der Waals surface area contributed by atoms with Gasteiger partial charge in [-0.25, -0.2) is 14.2 Å². The van der Waals surface area contributed by atoms with Gasteiger partial charge in [-0.05, 0) is 25.6 Å². The number of hydrogen-bond acceptors (Lipinski definition) is 4. The first kappa shape index (κ1) is 15.4. The number of nitrogens with one attached hydrogen (secondary N) is 1. The van der Waals surface area contributed by atoms with Gasteiger partial charge in [-0.3, -0.25) is 0 Å². The van der Waals surface area contributed by atoms with E-state index in [1.807, 2.05) is 0 Å². The zero-order valence-electron chi connectivity index (χ0n) is 11.3. The van der Waals surface area contributed by atoms with Crippen molar-refractivity contribution in [2.75, 3.05) is 31.5 Å². The SMILES string of the molecule is CCCN(CC)CCNc1nccc(C(=O)O)c1F. The van der Waals surface area contributed by atoms with Gasteiger partial charge in [0.05, 0.1) is 0 Å². The average Bonchev–Trinajstić information content (AvgIpc) is 2.39. The average molecular weight is 269 g/mol. The highest BCUT2D eigenvalue weighted by molar-refractivity contribution is 5.88. The number of hydrogen-bond donors (Lipinski definition) is 2. The lowest BCUT2D eigenvalue weighted by molar-refractivity contribution is 0.0692. The van der Waals surface area contributed by atoms with Crippen LogP contribution in [0.1, 0.15) is 30.6 Å². The molecule has 19 heavy (non-hydrogen) atoms. The second-order valence-electron chi connectivity index (χ2n) is 4.19. The van der Waals surface area contributed by atoms with E-state index in [1.54, 1.807) is 0 Å². The van der Waals surface area contributed by atoms with Gasteiger partial charge in [-0.15, -0.1) is 0 Å². The number of aromatic carboxylic acids is 1. The van der Waals surface area contributed by atoms with Crippen LogP contribution in [-0.4, -0.2) is 47.1 Å². The predicted molar refractivity (Wildman–Crippen MR) is 72.0 cm³/mol. The molecule has 0 unspecified atom stereocenters. The van der Waals surface area contributed by atoms with Crippen LogP contribution in [0, 0.1) is 5.82 Å². The van der Waals surface area contributed by atoms with Crippen LogP contribution in [0.15, 0.2) is 12.3 Å². The Balaban J connectivity index is 2.58. The number of carbonyl (C=O) groups is 1. The molecular formula is C13H20FN3O2. The highest BCUT2D eigenvalue weighted by Crippen LogP contribution is 2.14. The molecule has 1 aromatic rings. The van der Waals surface area contributed by atoms with E-state index >= 15 is 0 Å². The van der Waals surface area contributed by atoms with Gasteiger partial charge >= 0.3 is 5.97 Å². The molecule has 0 saturated carbocycles. The van der Waals surface area contributed by atoms with Crippen molar-refractivity contribution < 1.29 is 14.3 Å². The van der Waals surface area contributed by atoms with Gasteiger partial charge in [-0.1, -0.05) is 13.8 Å². The summed E-state index contributed by atoms with van der Waals surface area (Å²) in [6, 6.07) is 1.15. The third kappa shape index (κ3) is 4.48. The first-order valence-electron chi connectivity index (χ1n) is 6.44. The van der Waals surface area contributed by atoms with E-state index in [-0.39, 0.29) is 11.4 Å². The van der Waals surface area contributed by atoms with Crippen LogP contribution in [0.3, 0.4) is 0 Å². The second-order valence-corrected chi connectivity index (χ2v) is 4.19. The monoisotopic (exact) mass is 269 g/mol. The van der Waals surface area contributed by atoms with E-state index < -0.39 is 11.8 Å². The molecule has 5 nitrogen and oxygen atoms in total. The molecule has 1 rings (SSSR count). The Morgan fingerprint density at radius 1 is 1.47 bits per heavy atom. The molecule has 0 spiro atoms. The topological polar surface area (TPSA) is 65.5 Å². The smallest absolute Gasteiger partial charge is 0.338 e. The minimum atomic E-state index is -1.29. The fraction of sp³-hybridized carbons (Fsp3) is 0.538. The summed E-state index contributed by atoms with van der Waals surface area (Å²) in [7, 11) is 0. The van der Waals surface area contributed by atoms with E-state index in [1.165, 1.54) is 6.20 Å². The third-order valence-electron chi connectivity index (χ3n) is 2.83. The fourth-order valence-electron chi connectivity index (χ4n) is 1.81. The lowest BCUT2D eigenvalue weighted by Crippen LogP contribution is -2.30. The lowest BCUT2D eigenvalue weighted by Gasteiger charge is -2.19. The molecule has 0 bridgehead atoms. The Bertz CT molecular complexity index is 426. The van der Waals surface area contributed by atoms with Crippen molar-refractivity contribution in [3.05, 3.63) is 23.6 Å². The molecule has 0 saturated heterocycles. The van der Waals surface area contributed by atoms with Crippen molar-refractivity contribution in [3.63, 3.8) is 0 Å². The molecule has 106 valence electrons. The second kappa shape index (κ2) is 7.68. The standard InChI is InChI=1S/C13H20FN3O2/c1-3-8-17(4-2)9-7-16-12-11(14)10(13(18)19)5-6-15-12/h5-6H,3-4,7-9H2,1-2H3,(H,15,16)(H,18,19). The Labute approximate surface area is 112 Å². The van der Waals surface area contributed by atoms with E-state index in [2.05, 4.69) is 29.0 Å². The number of carboxylic acid groups (broad SMARTS) is 1. The molecule has 2 N–H and O–H groups in total. The number of carboxylic acids is 1. The molecule has 0 radical (unpaired) electrons. The molecular weight excluding hydrogens is 249 g/mol. The zero-order valence-corrected chi connectivity index (χ0v) is 11.3. The van der Waals surface area contributed by atoms with Crippen LogP contribution >= 0.6 is 0 Å². The maximum absolute atomic E-state index is 13.8. The van der Waals surface area contributed by atoms with Crippen molar-refractivity contribution >= 4 is 11.8 Å². The molecule has 0 aliphatic rings. The summed E-state index contributed by atoms with van der Waals surface area (Å²) in [6.45, 7) is 7.39. The highest BCUT2D eigenvalue weighted by Gasteiger charge is 2.14. The molecule has 0 aliphatic heterocycles. The van der Waals surface area contributed by atoms with Crippen LogP contribution in [0.25, 0.3) is 0 Å². The van der Waals surface area contributed by atoms with Crippen molar-refractivity contribution in [3.8, 4) is 0 Å². The quantitative estimate of drug-likeness (QED) is 0.756. The van der Waals surface area contributed by atoms with Gasteiger partial charge in [0.15, 0.2) is 11.6 Å². The number of halogens is 1. The van der Waals surface area contributed by atoms with Crippen LogP contribution in [-0.2, 0) is 0 Å². The number of nitrogens with zero attached hydrogens (tertiary/aromatic N) is 2. The number of pyridine rings is 1. The number of likely N-dealkylation sites (N-methyl/N-ethyl adjacent to an activating group) is 1. The molecule has 6 heteroatoms. The maximum atomic E-state index is 13.8. The molecule has 0 atom stereocenters. The highest BCUT2D eigenvalue weighted by atomic mass is 19.1. The summed E-state index contributed by atoms with van der Waals surface area (Å²) in [4.78, 5) is 16.8. The Morgan fingerprint density at radius 3 is 2.79 bits per heavy atom. The number of rotatable bonds is 8. The van der Waals surface area contributed by atoms with E-state index in [0.717, 1.165) is 32.1 Å². The minimum absolute atomic E-state index is 0.00699. The lowest BCUT2D eigenvalue weighted by atomic mass is 10.2. The predicted octanol–water partition coefficient (Wildman–Crippen LogP) is 2.06. The first-order valence-corrected chi connectivity index (χ1v) is 6.44. The number of anilines is 1. The first-order chi connectivity index (χ1) is 9.10. The van der Waals surface area contributed by atoms with Gasteiger partial charge in [0.2, 0.25) is 0 Å². The van der Waals surface area contributed by atoms with Crippen LogP contribution in [0.2, 0.25) is 0 Å². The fourth-order valence-corrected chi connectivity index (χ4v) is 1.81. The van der Waals surface area contributed by atoms with E-state index in [9.17, 15) is 9.18 Å². The molecule has 0 amide bonds. The molecule has 1 aromatic heterocycles. The molecule has 0 aromatic carbocycles. The Morgan fingerprint density at radius 2 is 2.21 bits per heavy atom. The molecule has 1 heterocycles. The van der Waals surface area contributed by atoms with Crippen molar-refractivity contribution in [1.82, 2.24) is 9.88 Å². The Kier molecular flexibility index (Phi) is 6.21. The minimum Gasteiger partial charge on any atom is -0.478 e. The summed E-state index contributed by atoms with van der Waals surface area (Å²) in [5, 5.41) is 11.6. The molecule has 0 fully saturated rings. The maximum Gasteiger partial charge on any atom is 0.338 e. The van der Waals surface area contributed by atoms with Gasteiger partial charge < -0.3 is 15.3 Å². The van der Waals surface area contributed by atoms with E-state index in [4.69, 9.17) is 5.11 Å². The van der Waals surface area contributed by atoms with Crippen LogP contribution < -0.4 is 5.32 Å². The van der Waals surface area contributed by atoms with Gasteiger partial charge in [0, 0.05) is 19.3 Å². The summed E-state index contributed by atoms with van der Waals surface area (Å²) < 4.78 is 13.8. The summed E-state index contributed by atoms with van der Waals surface area (Å²) in [5.41, 5.74) is -0.363. The Hall–Kier alpha value is -1.69. The number of aromatic nitrogens is 1. The van der Waals surface area contributed by atoms with Gasteiger partial charge in [-0.2, -0.15) is 0 Å². The van der Waals surface area contributed by atoms with E-state index in [0.29, 0.717) is 6.54 Å². The van der Waals surface area contributed by atoms with Crippen molar-refractivity contribution in [1.29, 1.82) is 0 Å². The normalized spacial score (nSPS) is 10.7. The van der Waals surface area contributed by atoms with Crippen molar-refractivity contribution in [2.45, 2.75) is 20.3 Å². The van der Waals surface area contributed by atoms with Crippen LogP contribution in [0.5, 0.6) is 0 Å². The van der Waals surface area contributed by atoms with Crippen LogP contribution in [0.4, 0.5) is 10.2 Å². The summed E-state index contributed by atoms with van der Waals surface area (Å²) in [5.74, 6) is -2.11. The zero-order chi connectivity index (χ0) is 14.3. The third-order valence-corrected chi connectivity index (χ3v) is 2.83. The largest absolute Gasteiger partial charge is 0.478 e. The van der Waals surface area contributed by atoms with Gasteiger partial charge in [0.25, 0.3) is 0 Å².